The molecule has 2 fully saturated rings. The van der Waals surface area contributed by atoms with Crippen LogP contribution in [0.3, 0.4) is 0 Å². The van der Waals surface area contributed by atoms with Crippen LogP contribution in [-0.4, -0.2) is 33.8 Å². The van der Waals surface area contributed by atoms with Crippen molar-refractivity contribution in [3.8, 4) is 10.4 Å². The summed E-state index contributed by atoms with van der Waals surface area (Å²) in [4.78, 5) is 41.8. The van der Waals surface area contributed by atoms with E-state index in [1.54, 1.807) is 11.3 Å². The summed E-state index contributed by atoms with van der Waals surface area (Å²) in [6.07, 6.45) is 5.68. The minimum atomic E-state index is -0.629. The lowest BCUT2D eigenvalue weighted by Crippen LogP contribution is -2.58. The highest BCUT2D eigenvalue weighted by Crippen LogP contribution is 2.45. The molecule has 1 aliphatic heterocycles. The molecular formula is C32H36N2O4S. The second kappa shape index (κ2) is 11.0. The number of carbonyl (C=O) groups excluding carboxylic acids is 3. The second-order valence-corrected chi connectivity index (χ2v) is 12.6. The van der Waals surface area contributed by atoms with Crippen LogP contribution in [0, 0.1) is 0 Å². The molecule has 0 unspecified atom stereocenters. The number of thiophene rings is 1. The van der Waals surface area contributed by atoms with Crippen LogP contribution in [0.5, 0.6) is 0 Å². The maximum absolute atomic E-state index is 13.4. The van der Waals surface area contributed by atoms with Crippen LogP contribution in [0.4, 0.5) is 10.5 Å². The Morgan fingerprint density at radius 2 is 1.77 bits per heavy atom. The number of anilines is 1. The van der Waals surface area contributed by atoms with Crippen LogP contribution >= 0.6 is 11.3 Å². The van der Waals surface area contributed by atoms with E-state index in [4.69, 9.17) is 4.74 Å². The van der Waals surface area contributed by atoms with Gasteiger partial charge in [-0.25, -0.2) is 4.79 Å². The van der Waals surface area contributed by atoms with Gasteiger partial charge in [-0.3, -0.25) is 14.9 Å². The Labute approximate surface area is 234 Å². The van der Waals surface area contributed by atoms with Crippen molar-refractivity contribution < 1.29 is 19.1 Å². The van der Waals surface area contributed by atoms with Gasteiger partial charge in [0.2, 0.25) is 5.91 Å². The molecule has 1 aromatic heterocycles. The highest BCUT2D eigenvalue weighted by Gasteiger charge is 2.46. The smallest absolute Gasteiger partial charge is 0.412 e. The van der Waals surface area contributed by atoms with E-state index < -0.39 is 11.7 Å². The molecule has 2 aliphatic rings. The standard InChI is InChI=1S/C32H36N2O4S/c1-31(2,3)38-30(37)33-26-14-13-24(28-7-5-18-39-28)19-25(26)20-27(35)23-11-9-22(10-12-23)21-34-29(36)8-4-15-32(34)16-6-17-32/h5,7,9-14,18-19H,4,6,8,15-17,20-21H2,1-3H3,(H,33,37). The lowest BCUT2D eigenvalue weighted by atomic mass is 9.70. The average Bonchev–Trinajstić information content (AvgIpc) is 3.40. The molecule has 0 atom stereocenters. The summed E-state index contributed by atoms with van der Waals surface area (Å²) >= 11 is 1.62. The third-order valence-electron chi connectivity index (χ3n) is 7.70. The number of Topliss-reactive ketones (excluding diaryl/α,β-unsaturated/α-hetero) is 1. The number of amides is 2. The fourth-order valence-electron chi connectivity index (χ4n) is 5.59. The van der Waals surface area contributed by atoms with E-state index in [2.05, 4.69) is 10.2 Å². The molecule has 2 aromatic carbocycles. The number of carbonyl (C=O) groups is 3. The fourth-order valence-corrected chi connectivity index (χ4v) is 6.31. The van der Waals surface area contributed by atoms with Crippen molar-refractivity contribution in [1.82, 2.24) is 4.90 Å². The Bertz CT molecular complexity index is 1350. The number of rotatable bonds is 7. The zero-order valence-electron chi connectivity index (χ0n) is 22.9. The van der Waals surface area contributed by atoms with Crippen molar-refractivity contribution in [3.05, 3.63) is 76.7 Å². The normalized spacial score (nSPS) is 16.6. The number of nitrogens with zero attached hydrogens (tertiary/aromatic N) is 1. The molecule has 0 bridgehead atoms. The summed E-state index contributed by atoms with van der Waals surface area (Å²) < 4.78 is 5.44. The SMILES string of the molecule is CC(C)(C)OC(=O)Nc1ccc(-c2cccs2)cc1CC(=O)c1ccc(CN2C(=O)CCCC23CCC3)cc1. The Hall–Kier alpha value is -3.45. The average molecular weight is 545 g/mol. The largest absolute Gasteiger partial charge is 0.444 e. The summed E-state index contributed by atoms with van der Waals surface area (Å²) in [7, 11) is 0. The van der Waals surface area contributed by atoms with Gasteiger partial charge in [-0.1, -0.05) is 36.4 Å². The molecule has 0 radical (unpaired) electrons. The first-order valence-corrected chi connectivity index (χ1v) is 14.6. The van der Waals surface area contributed by atoms with Crippen molar-refractivity contribution in [2.24, 2.45) is 0 Å². The molecule has 1 saturated heterocycles. The topological polar surface area (TPSA) is 75.7 Å². The van der Waals surface area contributed by atoms with Gasteiger partial charge in [0.1, 0.15) is 5.60 Å². The predicted molar refractivity (Wildman–Crippen MR) is 155 cm³/mol. The van der Waals surface area contributed by atoms with Crippen LogP contribution in [-0.2, 0) is 22.5 Å². The van der Waals surface area contributed by atoms with Crippen LogP contribution in [0.15, 0.2) is 60.0 Å². The van der Waals surface area contributed by atoms with Gasteiger partial charge in [0.05, 0.1) is 0 Å². The Morgan fingerprint density at radius 3 is 2.41 bits per heavy atom. The molecule has 1 N–H and O–H groups in total. The molecule has 1 aliphatic carbocycles. The number of hydrogen-bond acceptors (Lipinski definition) is 5. The number of piperidine rings is 1. The minimum absolute atomic E-state index is 0.0402. The molecule has 7 heteroatoms. The number of nitrogens with one attached hydrogen (secondary N) is 1. The number of ketones is 1. The van der Waals surface area contributed by atoms with Gasteiger partial charge in [0, 0.05) is 41.1 Å². The molecule has 1 saturated carbocycles. The van der Waals surface area contributed by atoms with Crippen LogP contribution in [0.2, 0.25) is 0 Å². The summed E-state index contributed by atoms with van der Waals surface area (Å²) in [5, 5.41) is 4.84. The van der Waals surface area contributed by atoms with Gasteiger partial charge in [-0.2, -0.15) is 0 Å². The van der Waals surface area contributed by atoms with Crippen molar-refractivity contribution in [2.75, 3.05) is 5.32 Å². The summed E-state index contributed by atoms with van der Waals surface area (Å²) in [5.74, 6) is 0.207. The second-order valence-electron chi connectivity index (χ2n) is 11.7. The third-order valence-corrected chi connectivity index (χ3v) is 8.62. The lowest BCUT2D eigenvalue weighted by molar-refractivity contribution is -0.148. The van der Waals surface area contributed by atoms with Crippen molar-refractivity contribution in [1.29, 1.82) is 0 Å². The monoisotopic (exact) mass is 544 g/mol. The molecule has 204 valence electrons. The highest BCUT2D eigenvalue weighted by atomic mass is 32.1. The molecule has 2 amide bonds. The fraction of sp³-hybridized carbons (Fsp3) is 0.406. The van der Waals surface area contributed by atoms with E-state index in [1.807, 2.05) is 80.7 Å². The molecule has 39 heavy (non-hydrogen) atoms. The summed E-state index contributed by atoms with van der Waals surface area (Å²) in [6.45, 7) is 6.04. The van der Waals surface area contributed by atoms with E-state index in [9.17, 15) is 14.4 Å². The van der Waals surface area contributed by atoms with E-state index in [1.165, 1.54) is 6.42 Å². The Morgan fingerprint density at radius 1 is 1.03 bits per heavy atom. The molecule has 2 heterocycles. The maximum atomic E-state index is 13.4. The van der Waals surface area contributed by atoms with Crippen molar-refractivity contribution >= 4 is 34.8 Å². The molecule has 1 spiro atoms. The number of hydrogen-bond donors (Lipinski definition) is 1. The minimum Gasteiger partial charge on any atom is -0.444 e. The first-order chi connectivity index (χ1) is 18.6. The molecule has 3 aromatic rings. The van der Waals surface area contributed by atoms with Crippen molar-refractivity contribution in [3.63, 3.8) is 0 Å². The first kappa shape index (κ1) is 27.1. The summed E-state index contributed by atoms with van der Waals surface area (Å²) in [6, 6.07) is 17.4. The lowest BCUT2D eigenvalue weighted by Gasteiger charge is -2.53. The maximum Gasteiger partial charge on any atom is 0.412 e. The van der Waals surface area contributed by atoms with Gasteiger partial charge >= 0.3 is 6.09 Å². The number of likely N-dealkylation sites (tertiary alicyclic amines) is 1. The van der Waals surface area contributed by atoms with Crippen LogP contribution < -0.4 is 5.32 Å². The zero-order valence-corrected chi connectivity index (χ0v) is 23.7. The Kier molecular flexibility index (Phi) is 7.63. The van der Waals surface area contributed by atoms with E-state index in [-0.39, 0.29) is 23.7 Å². The van der Waals surface area contributed by atoms with E-state index in [0.29, 0.717) is 24.2 Å². The van der Waals surface area contributed by atoms with Gasteiger partial charge in [-0.05, 0) is 93.1 Å². The van der Waals surface area contributed by atoms with Crippen LogP contribution in [0.25, 0.3) is 10.4 Å². The van der Waals surface area contributed by atoms with E-state index >= 15 is 0 Å². The van der Waals surface area contributed by atoms with Crippen LogP contribution in [0.1, 0.15) is 80.8 Å². The Balaban J connectivity index is 1.32. The first-order valence-electron chi connectivity index (χ1n) is 13.7. The molecule has 5 rings (SSSR count). The predicted octanol–water partition coefficient (Wildman–Crippen LogP) is 7.62. The van der Waals surface area contributed by atoms with Gasteiger partial charge in [-0.15, -0.1) is 11.3 Å². The van der Waals surface area contributed by atoms with Gasteiger partial charge < -0.3 is 9.64 Å². The zero-order chi connectivity index (χ0) is 27.6. The third kappa shape index (κ3) is 6.25. The van der Waals surface area contributed by atoms with Crippen molar-refractivity contribution in [2.45, 2.75) is 83.4 Å². The van der Waals surface area contributed by atoms with E-state index in [0.717, 1.165) is 47.3 Å². The quantitative estimate of drug-likeness (QED) is 0.310. The number of benzene rings is 2. The van der Waals surface area contributed by atoms with Gasteiger partial charge in [0.25, 0.3) is 0 Å². The summed E-state index contributed by atoms with van der Waals surface area (Å²) in [5.41, 5.74) is 3.35. The molecular weight excluding hydrogens is 508 g/mol. The number of ether oxygens (including phenoxy) is 1. The highest BCUT2D eigenvalue weighted by molar-refractivity contribution is 7.13. The van der Waals surface area contributed by atoms with Gasteiger partial charge in [0.15, 0.2) is 5.78 Å². The molecule has 6 nitrogen and oxygen atoms in total.